The van der Waals surface area contributed by atoms with Crippen molar-refractivity contribution in [3.63, 3.8) is 0 Å². The number of benzene rings is 2. The molecule has 2 N–H and O–H groups in total. The fourth-order valence-corrected chi connectivity index (χ4v) is 5.82. The highest BCUT2D eigenvalue weighted by Crippen LogP contribution is 2.42. The van der Waals surface area contributed by atoms with Crippen LogP contribution in [0, 0.1) is 11.8 Å². The molecule has 1 fully saturated rings. The molecule has 2 aliphatic heterocycles. The highest BCUT2D eigenvalue weighted by Gasteiger charge is 2.44. The van der Waals surface area contributed by atoms with Gasteiger partial charge in [-0.15, -0.1) is 0 Å². The summed E-state index contributed by atoms with van der Waals surface area (Å²) in [4.78, 5) is 16.1. The number of methoxy groups -OCH3 is 1. The van der Waals surface area contributed by atoms with Crippen molar-refractivity contribution >= 4 is 5.97 Å². The summed E-state index contributed by atoms with van der Waals surface area (Å²) in [5, 5.41) is 19.6. The number of hydrogen-bond donors (Lipinski definition) is 2. The van der Waals surface area contributed by atoms with E-state index in [1.807, 2.05) is 42.5 Å². The van der Waals surface area contributed by atoms with E-state index >= 15 is 0 Å². The van der Waals surface area contributed by atoms with Crippen LogP contribution in [0.3, 0.4) is 0 Å². The van der Waals surface area contributed by atoms with Gasteiger partial charge in [-0.1, -0.05) is 56.3 Å². The summed E-state index contributed by atoms with van der Waals surface area (Å²) in [6, 6.07) is 13.7. The van der Waals surface area contributed by atoms with Gasteiger partial charge in [-0.25, -0.2) is 4.79 Å². The molecule has 4 rings (SSSR count). The van der Waals surface area contributed by atoms with Gasteiger partial charge in [0.05, 0.1) is 13.2 Å². The predicted molar refractivity (Wildman–Crippen MR) is 135 cm³/mol. The van der Waals surface area contributed by atoms with Crippen molar-refractivity contribution in [2.75, 3.05) is 20.2 Å². The number of rotatable bonds is 8. The number of aliphatic hydroxyl groups is 2. The van der Waals surface area contributed by atoms with Crippen LogP contribution in [0.5, 0.6) is 0 Å². The molecule has 2 aromatic rings. The molecule has 2 aromatic carbocycles. The molecule has 0 unspecified atom stereocenters. The minimum atomic E-state index is -1.18. The number of esters is 1. The fourth-order valence-electron chi connectivity index (χ4n) is 5.82. The van der Waals surface area contributed by atoms with E-state index in [4.69, 9.17) is 9.47 Å². The predicted octanol–water partition coefficient (Wildman–Crippen LogP) is 4.11. The summed E-state index contributed by atoms with van der Waals surface area (Å²) in [6.07, 6.45) is 2.37. The van der Waals surface area contributed by atoms with E-state index in [1.165, 1.54) is 11.1 Å². The van der Waals surface area contributed by atoms with Gasteiger partial charge in [0, 0.05) is 38.6 Å². The minimum Gasteiger partial charge on any atom is -0.460 e. The standard InChI is InChI=1S/C29H39NO5/c1-19(2)12-21-16-30-11-10-20-13-22(17-31)23(18-32)14-25(20)26(30)15-27(21)35-28(33)29(3,34-4)24-8-6-5-7-9-24/h5-9,13-14,19,21,26-27,31-32H,10-12,15-18H2,1-4H3/t21-,26+,27-,29+/m0/s1. The van der Waals surface area contributed by atoms with Gasteiger partial charge >= 0.3 is 5.97 Å². The van der Waals surface area contributed by atoms with E-state index in [0.717, 1.165) is 42.6 Å². The molecule has 0 amide bonds. The molecule has 1 saturated heterocycles. The molecule has 35 heavy (non-hydrogen) atoms. The molecule has 4 atom stereocenters. The largest absolute Gasteiger partial charge is 0.460 e. The average Bonchev–Trinajstić information content (AvgIpc) is 2.87. The summed E-state index contributed by atoms with van der Waals surface area (Å²) in [5.74, 6) is 0.370. The van der Waals surface area contributed by atoms with Crippen molar-refractivity contribution in [1.29, 1.82) is 0 Å². The van der Waals surface area contributed by atoms with Crippen molar-refractivity contribution in [3.05, 3.63) is 70.3 Å². The zero-order valence-electron chi connectivity index (χ0n) is 21.4. The Labute approximate surface area is 208 Å². The van der Waals surface area contributed by atoms with E-state index in [0.29, 0.717) is 12.3 Å². The molecule has 0 radical (unpaired) electrons. The monoisotopic (exact) mass is 481 g/mol. The van der Waals surface area contributed by atoms with Crippen LogP contribution in [-0.4, -0.2) is 47.4 Å². The highest BCUT2D eigenvalue weighted by atomic mass is 16.6. The molecule has 0 saturated carbocycles. The second-order valence-electron chi connectivity index (χ2n) is 10.6. The Hall–Kier alpha value is -2.25. The van der Waals surface area contributed by atoms with E-state index in [9.17, 15) is 15.0 Å². The summed E-state index contributed by atoms with van der Waals surface area (Å²) < 4.78 is 12.0. The second kappa shape index (κ2) is 10.8. The Morgan fingerprint density at radius 3 is 2.46 bits per heavy atom. The van der Waals surface area contributed by atoms with Gasteiger partial charge < -0.3 is 19.7 Å². The zero-order valence-corrected chi connectivity index (χ0v) is 21.4. The van der Waals surface area contributed by atoms with E-state index in [2.05, 4.69) is 18.7 Å². The third-order valence-corrected chi connectivity index (χ3v) is 7.88. The Bertz CT molecular complexity index is 1020. The molecule has 6 heteroatoms. The second-order valence-corrected chi connectivity index (χ2v) is 10.6. The smallest absolute Gasteiger partial charge is 0.343 e. The minimum absolute atomic E-state index is 0.0800. The lowest BCUT2D eigenvalue weighted by Gasteiger charge is -2.47. The van der Waals surface area contributed by atoms with Crippen LogP contribution in [0.25, 0.3) is 0 Å². The van der Waals surface area contributed by atoms with Crippen LogP contribution < -0.4 is 0 Å². The summed E-state index contributed by atoms with van der Waals surface area (Å²) in [6.45, 7) is 7.82. The molecule has 0 bridgehead atoms. The Morgan fingerprint density at radius 1 is 1.14 bits per heavy atom. The van der Waals surface area contributed by atoms with Crippen LogP contribution in [0.2, 0.25) is 0 Å². The van der Waals surface area contributed by atoms with Crippen LogP contribution in [0.4, 0.5) is 0 Å². The van der Waals surface area contributed by atoms with Crippen molar-refractivity contribution in [1.82, 2.24) is 4.90 Å². The summed E-state index contributed by atoms with van der Waals surface area (Å²) >= 11 is 0. The Balaban J connectivity index is 1.63. The number of nitrogens with zero attached hydrogens (tertiary/aromatic N) is 1. The lowest BCUT2D eigenvalue weighted by Crippen LogP contribution is -2.51. The van der Waals surface area contributed by atoms with Gasteiger partial charge in [0.15, 0.2) is 5.60 Å². The normalized spacial score (nSPS) is 23.9. The van der Waals surface area contributed by atoms with Gasteiger partial charge in [0.25, 0.3) is 0 Å². The third-order valence-electron chi connectivity index (χ3n) is 7.88. The van der Waals surface area contributed by atoms with Crippen molar-refractivity contribution in [2.24, 2.45) is 11.8 Å². The maximum atomic E-state index is 13.6. The van der Waals surface area contributed by atoms with E-state index in [-0.39, 0.29) is 37.2 Å². The number of fused-ring (bicyclic) bond motifs is 3. The van der Waals surface area contributed by atoms with Gasteiger partial charge in [0.2, 0.25) is 0 Å². The molecule has 6 nitrogen and oxygen atoms in total. The molecule has 0 spiro atoms. The van der Waals surface area contributed by atoms with E-state index in [1.54, 1.807) is 14.0 Å². The Morgan fingerprint density at radius 2 is 1.83 bits per heavy atom. The Kier molecular flexibility index (Phi) is 7.96. The molecule has 0 aromatic heterocycles. The maximum absolute atomic E-state index is 13.6. The van der Waals surface area contributed by atoms with Crippen molar-refractivity contribution < 1.29 is 24.5 Å². The molecular formula is C29H39NO5. The van der Waals surface area contributed by atoms with Crippen molar-refractivity contribution in [2.45, 2.75) is 71.0 Å². The number of carbonyl (C=O) groups is 1. The quantitative estimate of drug-likeness (QED) is 0.553. The van der Waals surface area contributed by atoms with Gasteiger partial charge in [-0.2, -0.15) is 0 Å². The average molecular weight is 482 g/mol. The van der Waals surface area contributed by atoms with Gasteiger partial charge in [-0.05, 0) is 53.5 Å². The van der Waals surface area contributed by atoms with Crippen molar-refractivity contribution in [3.8, 4) is 0 Å². The molecule has 2 aliphatic rings. The van der Waals surface area contributed by atoms with Crippen LogP contribution in [-0.2, 0) is 39.5 Å². The van der Waals surface area contributed by atoms with Crippen LogP contribution in [0.1, 0.15) is 67.5 Å². The number of carbonyl (C=O) groups excluding carboxylic acids is 1. The van der Waals surface area contributed by atoms with Crippen LogP contribution in [0.15, 0.2) is 42.5 Å². The first kappa shape index (κ1) is 25.8. The molecule has 2 heterocycles. The lowest BCUT2D eigenvalue weighted by atomic mass is 9.78. The van der Waals surface area contributed by atoms with E-state index < -0.39 is 5.60 Å². The number of ether oxygens (including phenoxy) is 2. The summed E-state index contributed by atoms with van der Waals surface area (Å²) in [7, 11) is 1.55. The number of piperidine rings is 1. The fraction of sp³-hybridized carbons (Fsp3) is 0.552. The molecule has 190 valence electrons. The maximum Gasteiger partial charge on any atom is 0.343 e. The molecule has 0 aliphatic carbocycles. The third kappa shape index (κ3) is 5.17. The topological polar surface area (TPSA) is 79.2 Å². The first-order valence-corrected chi connectivity index (χ1v) is 12.7. The SMILES string of the molecule is CO[C@@](C)(C(=O)O[C@H]1C[C@@H]2c3cc(CO)c(CO)cc3CCN2C[C@@H]1CC(C)C)c1ccccc1. The molecular weight excluding hydrogens is 442 g/mol. The van der Waals surface area contributed by atoms with Gasteiger partial charge in [0.1, 0.15) is 6.10 Å². The summed E-state index contributed by atoms with van der Waals surface area (Å²) in [5.41, 5.74) is 3.55. The number of aliphatic hydroxyl groups excluding tert-OH is 2. The highest BCUT2D eigenvalue weighted by molar-refractivity contribution is 5.81. The first-order valence-electron chi connectivity index (χ1n) is 12.7. The number of hydrogen-bond acceptors (Lipinski definition) is 6. The zero-order chi connectivity index (χ0) is 25.2. The lowest BCUT2D eigenvalue weighted by molar-refractivity contribution is -0.182. The van der Waals surface area contributed by atoms with Gasteiger partial charge in [-0.3, -0.25) is 4.90 Å². The first-order chi connectivity index (χ1) is 16.8. The van der Waals surface area contributed by atoms with Crippen LogP contribution >= 0.6 is 0 Å².